The predicted octanol–water partition coefficient (Wildman–Crippen LogP) is 3.65. The molecule has 0 bridgehead atoms. The van der Waals surface area contributed by atoms with Crippen molar-refractivity contribution in [2.75, 3.05) is 19.5 Å². The van der Waals surface area contributed by atoms with E-state index in [-0.39, 0.29) is 39.8 Å². The van der Waals surface area contributed by atoms with Gasteiger partial charge in [-0.3, -0.25) is 14.4 Å². The summed E-state index contributed by atoms with van der Waals surface area (Å²) < 4.78 is 30.9. The van der Waals surface area contributed by atoms with Gasteiger partial charge >= 0.3 is 29.8 Å². The van der Waals surface area contributed by atoms with Gasteiger partial charge < -0.3 is 38.8 Å². The first-order chi connectivity index (χ1) is 21.7. The van der Waals surface area contributed by atoms with Crippen LogP contribution >= 0.6 is 0 Å². The van der Waals surface area contributed by atoms with E-state index in [0.29, 0.717) is 0 Å². The first-order valence-electron chi connectivity index (χ1n) is 13.5. The first kappa shape index (κ1) is 34.6. The Bertz CT molecular complexity index is 1680. The van der Waals surface area contributed by atoms with E-state index in [1.165, 1.54) is 38.5 Å². The number of hydrogen-bond donors (Lipinski definition) is 2. The van der Waals surface area contributed by atoms with Gasteiger partial charge in [-0.25, -0.2) is 14.4 Å². The van der Waals surface area contributed by atoms with E-state index in [9.17, 15) is 33.9 Å². The fourth-order valence-corrected chi connectivity index (χ4v) is 3.96. The van der Waals surface area contributed by atoms with Gasteiger partial charge in [0.15, 0.2) is 23.0 Å². The molecule has 14 heteroatoms. The third-order valence-electron chi connectivity index (χ3n) is 6.33. The number of carbonyl (C=O) groups is 6. The molecule has 3 rings (SSSR count). The lowest BCUT2D eigenvalue weighted by molar-refractivity contribution is -0.157. The Balaban J connectivity index is 1.98. The van der Waals surface area contributed by atoms with Crippen molar-refractivity contribution in [3.05, 3.63) is 76.9 Å². The van der Waals surface area contributed by atoms with Gasteiger partial charge in [-0.1, -0.05) is 6.07 Å². The second-order valence-electron chi connectivity index (χ2n) is 9.70. The molecule has 3 aromatic rings. The summed E-state index contributed by atoms with van der Waals surface area (Å²) in [4.78, 5) is 75.0. The van der Waals surface area contributed by atoms with Crippen LogP contribution in [-0.2, 0) is 28.7 Å². The van der Waals surface area contributed by atoms with Crippen LogP contribution in [0.3, 0.4) is 0 Å². The zero-order chi connectivity index (χ0) is 34.1. The maximum atomic E-state index is 13.5. The molecule has 3 aromatic carbocycles. The van der Waals surface area contributed by atoms with Crippen LogP contribution in [0.5, 0.6) is 23.0 Å². The van der Waals surface area contributed by atoms with Gasteiger partial charge in [-0.05, 0) is 73.5 Å². The molecule has 1 amide bonds. The van der Waals surface area contributed by atoms with Crippen LogP contribution in [0.15, 0.2) is 54.6 Å². The number of carbonyl (C=O) groups excluding carboxylic acids is 5. The van der Waals surface area contributed by atoms with Crippen LogP contribution in [0, 0.1) is 13.8 Å². The van der Waals surface area contributed by atoms with Gasteiger partial charge in [0.2, 0.25) is 12.2 Å². The molecule has 0 heterocycles. The van der Waals surface area contributed by atoms with E-state index >= 15 is 0 Å². The van der Waals surface area contributed by atoms with Gasteiger partial charge in [0, 0.05) is 19.5 Å². The lowest BCUT2D eigenvalue weighted by atomic mass is 10.1. The summed E-state index contributed by atoms with van der Waals surface area (Å²) in [5.74, 6) is -6.77. The normalized spacial score (nSPS) is 11.7. The Morgan fingerprint density at radius 1 is 0.630 bits per heavy atom. The van der Waals surface area contributed by atoms with Gasteiger partial charge in [0.1, 0.15) is 0 Å². The van der Waals surface area contributed by atoms with Crippen molar-refractivity contribution >= 4 is 41.4 Å². The number of hydrogen-bond acceptors (Lipinski definition) is 12. The summed E-state index contributed by atoms with van der Waals surface area (Å²) in [6.07, 6.45) is -4.55. The molecule has 0 unspecified atom stereocenters. The molecule has 14 nitrogen and oxygen atoms in total. The van der Waals surface area contributed by atoms with Crippen LogP contribution in [0.1, 0.15) is 45.7 Å². The zero-order valence-electron chi connectivity index (χ0n) is 25.7. The minimum absolute atomic E-state index is 0.0110. The third kappa shape index (κ3) is 8.81. The number of esters is 4. The fourth-order valence-electron chi connectivity index (χ4n) is 3.96. The van der Waals surface area contributed by atoms with E-state index < -0.39 is 48.0 Å². The fraction of sp³-hybridized carbons (Fsp3) is 0.250. The summed E-state index contributed by atoms with van der Waals surface area (Å²) in [6, 6.07) is 12.0. The highest BCUT2D eigenvalue weighted by Gasteiger charge is 2.41. The average Bonchev–Trinajstić information content (AvgIpc) is 3.00. The number of anilines is 1. The monoisotopic (exact) mass is 637 g/mol. The molecule has 0 spiro atoms. The Hall–Kier alpha value is -5.92. The van der Waals surface area contributed by atoms with E-state index in [2.05, 4.69) is 5.32 Å². The van der Waals surface area contributed by atoms with Crippen LogP contribution in [0.4, 0.5) is 5.69 Å². The predicted molar refractivity (Wildman–Crippen MR) is 159 cm³/mol. The van der Waals surface area contributed by atoms with E-state index in [0.717, 1.165) is 37.1 Å². The maximum absolute atomic E-state index is 13.5. The average molecular weight is 638 g/mol. The standard InChI is InChI=1S/C32H31NO13/c1-16-7-10-22(13-17(16)2)33-29(36)27(45-31(39)20-8-11-23(43-18(3)34)25(14-20)41-5)28(30(37)38)46-32(40)21-9-12-24(44-19(4)35)26(15-21)42-6/h7-15,27-28H,1-6H3,(H,33,36)(H,37,38)/t27-,28-/m1/s1. The number of aryl methyl sites for hydroxylation is 2. The maximum Gasteiger partial charge on any atom is 0.349 e. The van der Waals surface area contributed by atoms with Crippen molar-refractivity contribution in [1.82, 2.24) is 0 Å². The molecule has 46 heavy (non-hydrogen) atoms. The Morgan fingerprint density at radius 3 is 1.52 bits per heavy atom. The third-order valence-corrected chi connectivity index (χ3v) is 6.33. The molecule has 0 radical (unpaired) electrons. The molecular weight excluding hydrogens is 606 g/mol. The molecule has 2 atom stereocenters. The van der Waals surface area contributed by atoms with Crippen molar-refractivity contribution in [3.63, 3.8) is 0 Å². The highest BCUT2D eigenvalue weighted by Crippen LogP contribution is 2.30. The quantitative estimate of drug-likeness (QED) is 0.216. The number of carboxylic acids is 1. The van der Waals surface area contributed by atoms with Crippen LogP contribution in [0.2, 0.25) is 0 Å². The second kappa shape index (κ2) is 15.2. The van der Waals surface area contributed by atoms with Crippen LogP contribution < -0.4 is 24.3 Å². The van der Waals surface area contributed by atoms with Crippen molar-refractivity contribution in [1.29, 1.82) is 0 Å². The molecule has 0 aliphatic rings. The second-order valence-corrected chi connectivity index (χ2v) is 9.70. The lowest BCUT2D eigenvalue weighted by Gasteiger charge is -2.24. The topological polar surface area (TPSA) is 190 Å². The highest BCUT2D eigenvalue weighted by molar-refractivity contribution is 6.01. The summed E-state index contributed by atoms with van der Waals surface area (Å²) in [6.45, 7) is 5.96. The van der Waals surface area contributed by atoms with E-state index in [1.54, 1.807) is 25.1 Å². The molecule has 0 saturated carbocycles. The number of carboxylic acid groups (broad SMARTS) is 1. The first-order valence-corrected chi connectivity index (χ1v) is 13.5. The summed E-state index contributed by atoms with van der Waals surface area (Å²) in [5, 5.41) is 12.6. The van der Waals surface area contributed by atoms with Crippen molar-refractivity contribution < 1.29 is 62.3 Å². The van der Waals surface area contributed by atoms with Crippen molar-refractivity contribution in [2.45, 2.75) is 39.9 Å². The summed E-state index contributed by atoms with van der Waals surface area (Å²) >= 11 is 0. The number of rotatable bonds is 12. The van der Waals surface area contributed by atoms with Gasteiger partial charge in [-0.15, -0.1) is 0 Å². The molecule has 0 fully saturated rings. The SMILES string of the molecule is COc1cc(C(=O)O[C@@H](C(=O)O)[C@@H](OC(=O)c2ccc(OC(C)=O)c(OC)c2)C(=O)Nc2ccc(C)c(C)c2)ccc1OC(C)=O. The van der Waals surface area contributed by atoms with E-state index in [4.69, 9.17) is 28.4 Å². The number of methoxy groups -OCH3 is 2. The van der Waals surface area contributed by atoms with Gasteiger partial charge in [0.25, 0.3) is 5.91 Å². The lowest BCUT2D eigenvalue weighted by Crippen LogP contribution is -2.48. The zero-order valence-corrected chi connectivity index (χ0v) is 25.7. The molecule has 0 aromatic heterocycles. The molecule has 0 aliphatic heterocycles. The molecule has 0 saturated heterocycles. The Morgan fingerprint density at radius 2 is 1.11 bits per heavy atom. The minimum atomic E-state index is -2.34. The van der Waals surface area contributed by atoms with Crippen LogP contribution in [0.25, 0.3) is 0 Å². The minimum Gasteiger partial charge on any atom is -0.493 e. The molecule has 2 N–H and O–H groups in total. The summed E-state index contributed by atoms with van der Waals surface area (Å²) in [7, 11) is 2.50. The van der Waals surface area contributed by atoms with Gasteiger partial charge in [0.05, 0.1) is 25.3 Å². The Labute approximate surface area is 263 Å². The number of ether oxygens (including phenoxy) is 6. The highest BCUT2D eigenvalue weighted by atomic mass is 16.6. The van der Waals surface area contributed by atoms with E-state index in [1.807, 2.05) is 6.92 Å². The van der Waals surface area contributed by atoms with Crippen molar-refractivity contribution in [2.24, 2.45) is 0 Å². The van der Waals surface area contributed by atoms with Crippen LogP contribution in [-0.4, -0.2) is 67.3 Å². The largest absolute Gasteiger partial charge is 0.493 e. The number of benzene rings is 3. The Kier molecular flexibility index (Phi) is 11.4. The molecular formula is C32H31NO13. The smallest absolute Gasteiger partial charge is 0.349 e. The number of nitrogens with one attached hydrogen (secondary N) is 1. The number of aliphatic carboxylic acids is 1. The summed E-state index contributed by atoms with van der Waals surface area (Å²) in [5.41, 5.74) is 1.53. The van der Waals surface area contributed by atoms with Crippen molar-refractivity contribution in [3.8, 4) is 23.0 Å². The van der Waals surface area contributed by atoms with Gasteiger partial charge in [-0.2, -0.15) is 0 Å². The molecule has 0 aliphatic carbocycles. The number of amides is 1. The molecule has 242 valence electrons.